The third-order valence-corrected chi connectivity index (χ3v) is 5.79. The highest BCUT2D eigenvalue weighted by Crippen LogP contribution is 2.40. The van der Waals surface area contributed by atoms with E-state index in [1.807, 2.05) is 29.4 Å². The van der Waals surface area contributed by atoms with Gasteiger partial charge in [-0.3, -0.25) is 15.1 Å². The fourth-order valence-corrected chi connectivity index (χ4v) is 4.50. The average molecular weight is 396 g/mol. The highest BCUT2D eigenvalue weighted by Gasteiger charge is 2.31. The van der Waals surface area contributed by atoms with Crippen LogP contribution in [0.25, 0.3) is 0 Å². The third-order valence-electron chi connectivity index (χ3n) is 4.79. The van der Waals surface area contributed by atoms with Gasteiger partial charge in [-0.05, 0) is 12.1 Å². The second kappa shape index (κ2) is 6.84. The number of fused-ring (bicyclic) bond motifs is 4. The number of nitro groups is 1. The van der Waals surface area contributed by atoms with E-state index in [9.17, 15) is 10.1 Å². The summed E-state index contributed by atoms with van der Waals surface area (Å²) >= 11 is 1.51. The number of para-hydroxylation sites is 1. The van der Waals surface area contributed by atoms with Crippen LogP contribution in [0.1, 0.15) is 22.7 Å². The fraction of sp³-hybridized carbons (Fsp3) is 0.211. The van der Waals surface area contributed by atoms with Gasteiger partial charge in [0.2, 0.25) is 0 Å². The Morgan fingerprint density at radius 1 is 1.36 bits per heavy atom. The number of aliphatic imine (C=N–C) groups is 1. The Hall–Kier alpha value is -3.04. The third kappa shape index (κ3) is 2.88. The highest BCUT2D eigenvalue weighted by molar-refractivity contribution is 8.13. The van der Waals surface area contributed by atoms with Crippen molar-refractivity contribution in [2.24, 2.45) is 4.99 Å². The highest BCUT2D eigenvalue weighted by atomic mass is 32.2. The molecule has 0 fully saturated rings. The number of non-ortho nitro benzene ring substituents is 1. The van der Waals surface area contributed by atoms with E-state index in [0.29, 0.717) is 23.7 Å². The summed E-state index contributed by atoms with van der Waals surface area (Å²) < 4.78 is 10.9. The Kier molecular flexibility index (Phi) is 4.18. The zero-order valence-electron chi connectivity index (χ0n) is 14.7. The van der Waals surface area contributed by atoms with Crippen LogP contribution < -0.4 is 10.2 Å². The fourth-order valence-electron chi connectivity index (χ4n) is 3.53. The molecule has 1 N–H and O–H groups in total. The van der Waals surface area contributed by atoms with Gasteiger partial charge in [-0.1, -0.05) is 30.0 Å². The first-order valence-corrected chi connectivity index (χ1v) is 9.72. The smallest absolute Gasteiger partial charge is 0.270 e. The minimum Gasteiger partial charge on any atom is -0.467 e. The van der Waals surface area contributed by atoms with E-state index in [-0.39, 0.29) is 23.4 Å². The van der Waals surface area contributed by atoms with Crippen molar-refractivity contribution in [3.8, 4) is 5.75 Å². The van der Waals surface area contributed by atoms with Crippen molar-refractivity contribution in [1.29, 1.82) is 0 Å². The predicted octanol–water partition coefficient (Wildman–Crippen LogP) is 3.77. The summed E-state index contributed by atoms with van der Waals surface area (Å²) in [4.78, 5) is 15.7. The minimum absolute atomic E-state index is 0.0400. The Labute approximate surface area is 165 Å². The molecule has 28 heavy (non-hydrogen) atoms. The molecule has 0 spiro atoms. The Bertz CT molecular complexity index is 1020. The molecular weight excluding hydrogens is 380 g/mol. The van der Waals surface area contributed by atoms with E-state index >= 15 is 0 Å². The lowest BCUT2D eigenvalue weighted by molar-refractivity contribution is -0.385. The van der Waals surface area contributed by atoms with Crippen LogP contribution in [0.15, 0.2) is 53.7 Å². The summed E-state index contributed by atoms with van der Waals surface area (Å²) in [6.45, 7) is 0.457. The molecule has 2 aromatic rings. The molecule has 0 saturated carbocycles. The molecule has 5 rings (SSSR count). The molecule has 0 bridgehead atoms. The number of rotatable bonds is 3. The van der Waals surface area contributed by atoms with Crippen LogP contribution in [0.3, 0.4) is 0 Å². The number of nitro benzene ring substituents is 1. The molecule has 8 nitrogen and oxygen atoms in total. The average Bonchev–Trinajstić information content (AvgIpc) is 3.22. The van der Waals surface area contributed by atoms with Gasteiger partial charge in [-0.2, -0.15) is 0 Å². The summed E-state index contributed by atoms with van der Waals surface area (Å²) in [6, 6.07) is 11.2. The maximum atomic E-state index is 11.3. The van der Waals surface area contributed by atoms with Gasteiger partial charge in [0.05, 0.1) is 23.3 Å². The van der Waals surface area contributed by atoms with Gasteiger partial charge in [0.15, 0.2) is 12.0 Å². The van der Waals surface area contributed by atoms with Crippen LogP contribution in [0.2, 0.25) is 0 Å². The molecule has 3 aliphatic rings. The maximum absolute atomic E-state index is 11.3. The topological polar surface area (TPSA) is 89.2 Å². The molecule has 9 heteroatoms. The first-order valence-electron chi connectivity index (χ1n) is 8.74. The van der Waals surface area contributed by atoms with E-state index < -0.39 is 0 Å². The standard InChI is InChI=1S/C19H16N4O4S/c24-23(25)14-7-12-9-26-11-27-18(12)13(8-14)10-28-19-21-16-4-2-1-3-15(16)17-5-6-20-22(17)19/h1-8,17,20H,9-11H2/t17-/m1/s1. The minimum atomic E-state index is -0.389. The second-order valence-corrected chi connectivity index (χ2v) is 7.45. The quantitative estimate of drug-likeness (QED) is 0.624. The first-order chi connectivity index (χ1) is 13.7. The zero-order valence-corrected chi connectivity index (χ0v) is 15.5. The van der Waals surface area contributed by atoms with Crippen molar-refractivity contribution in [3.05, 3.63) is 75.5 Å². The number of ether oxygens (including phenoxy) is 2. The zero-order chi connectivity index (χ0) is 19.1. The van der Waals surface area contributed by atoms with Crippen LogP contribution in [0.5, 0.6) is 5.75 Å². The molecule has 3 aliphatic heterocycles. The van der Waals surface area contributed by atoms with Crippen LogP contribution in [0, 0.1) is 10.1 Å². The van der Waals surface area contributed by atoms with E-state index in [1.54, 1.807) is 6.07 Å². The van der Waals surface area contributed by atoms with Crippen molar-refractivity contribution in [1.82, 2.24) is 10.4 Å². The molecular formula is C19H16N4O4S. The molecule has 0 amide bonds. The lowest BCUT2D eigenvalue weighted by atomic mass is 10.0. The van der Waals surface area contributed by atoms with Gasteiger partial charge in [-0.25, -0.2) is 4.99 Å². The number of thioether (sulfide) groups is 1. The number of hydrogen-bond acceptors (Lipinski definition) is 8. The van der Waals surface area contributed by atoms with Crippen molar-refractivity contribution in [2.75, 3.05) is 6.79 Å². The van der Waals surface area contributed by atoms with Crippen LogP contribution in [-0.2, 0) is 17.1 Å². The van der Waals surface area contributed by atoms with Gasteiger partial charge in [0.1, 0.15) is 5.75 Å². The van der Waals surface area contributed by atoms with E-state index in [1.165, 1.54) is 17.8 Å². The molecule has 2 aromatic carbocycles. The van der Waals surface area contributed by atoms with E-state index in [2.05, 4.69) is 17.6 Å². The normalized spacial score (nSPS) is 19.1. The van der Waals surface area contributed by atoms with Crippen LogP contribution in [0.4, 0.5) is 11.4 Å². The summed E-state index contributed by atoms with van der Waals surface area (Å²) in [7, 11) is 0. The lowest BCUT2D eigenvalue weighted by Gasteiger charge is -2.32. The van der Waals surface area contributed by atoms with Crippen LogP contribution in [-0.4, -0.2) is 21.9 Å². The number of benzene rings is 2. The van der Waals surface area contributed by atoms with Crippen LogP contribution >= 0.6 is 11.8 Å². The molecule has 0 aliphatic carbocycles. The van der Waals surface area contributed by atoms with Gasteiger partial charge >= 0.3 is 0 Å². The Balaban J connectivity index is 1.46. The number of hydrazine groups is 1. The molecule has 3 heterocycles. The number of nitrogens with zero attached hydrogens (tertiary/aromatic N) is 3. The number of nitrogens with one attached hydrogen (secondary N) is 1. The van der Waals surface area contributed by atoms with Crippen molar-refractivity contribution < 1.29 is 14.4 Å². The largest absolute Gasteiger partial charge is 0.467 e. The lowest BCUT2D eigenvalue weighted by Crippen LogP contribution is -2.38. The van der Waals surface area contributed by atoms with Gasteiger partial charge < -0.3 is 14.9 Å². The van der Waals surface area contributed by atoms with Crippen molar-refractivity contribution >= 4 is 28.3 Å². The van der Waals surface area contributed by atoms with Gasteiger partial charge in [0, 0.05) is 40.8 Å². The molecule has 0 unspecified atom stereocenters. The molecule has 142 valence electrons. The van der Waals surface area contributed by atoms with E-state index in [4.69, 9.17) is 14.5 Å². The summed E-state index contributed by atoms with van der Waals surface area (Å²) in [5.41, 5.74) is 6.80. The molecule has 0 saturated heterocycles. The SMILES string of the molecule is O=[N+]([O-])c1cc2c(c(CSC3=Nc4ccccc4[C@H]4C=CNN34)c1)OCOC2. The Morgan fingerprint density at radius 2 is 2.25 bits per heavy atom. The number of hydrogen-bond donors (Lipinski definition) is 1. The maximum Gasteiger partial charge on any atom is 0.270 e. The summed E-state index contributed by atoms with van der Waals surface area (Å²) in [5.74, 6) is 1.17. The van der Waals surface area contributed by atoms with Crippen molar-refractivity contribution in [2.45, 2.75) is 18.4 Å². The molecule has 0 radical (unpaired) electrons. The molecule has 0 aromatic heterocycles. The predicted molar refractivity (Wildman–Crippen MR) is 105 cm³/mol. The van der Waals surface area contributed by atoms with Gasteiger partial charge in [-0.15, -0.1) is 0 Å². The van der Waals surface area contributed by atoms with Crippen molar-refractivity contribution in [3.63, 3.8) is 0 Å². The van der Waals surface area contributed by atoms with E-state index in [0.717, 1.165) is 22.0 Å². The number of amidine groups is 1. The second-order valence-electron chi connectivity index (χ2n) is 6.51. The Morgan fingerprint density at radius 3 is 3.14 bits per heavy atom. The summed E-state index contributed by atoms with van der Waals surface area (Å²) in [5, 5.41) is 14.1. The monoisotopic (exact) mass is 396 g/mol. The first kappa shape index (κ1) is 17.1. The molecule has 1 atom stereocenters. The summed E-state index contributed by atoms with van der Waals surface area (Å²) in [6.07, 6.45) is 3.99. The van der Waals surface area contributed by atoms with Gasteiger partial charge in [0.25, 0.3) is 5.69 Å².